The molecule has 5 nitrogen and oxygen atoms in total. The molecular weight excluding hydrogens is 336 g/mol. The minimum Gasteiger partial charge on any atom is -0.372 e. The van der Waals surface area contributed by atoms with Crippen LogP contribution in [-0.2, 0) is 0 Å². The molecule has 3 heterocycles. The molecule has 0 aliphatic carbocycles. The quantitative estimate of drug-likeness (QED) is 0.730. The average Bonchev–Trinajstić information content (AvgIpc) is 2.69. The Balaban J connectivity index is 1.59. The Morgan fingerprint density at radius 3 is 2.44 bits per heavy atom. The summed E-state index contributed by atoms with van der Waals surface area (Å²) in [6, 6.07) is 14.0. The first-order valence-corrected chi connectivity index (χ1v) is 9.75. The van der Waals surface area contributed by atoms with E-state index in [-0.39, 0.29) is 11.6 Å². The van der Waals surface area contributed by atoms with Crippen LogP contribution in [0.2, 0.25) is 0 Å². The third kappa shape index (κ3) is 3.68. The van der Waals surface area contributed by atoms with Gasteiger partial charge in [-0.15, -0.1) is 0 Å². The lowest BCUT2D eigenvalue weighted by Gasteiger charge is -2.28. The molecule has 4 rings (SSSR count). The van der Waals surface area contributed by atoms with Crippen molar-refractivity contribution in [3.8, 4) is 0 Å². The summed E-state index contributed by atoms with van der Waals surface area (Å²) in [6.07, 6.45) is 5.71. The van der Waals surface area contributed by atoms with Crippen molar-refractivity contribution in [1.29, 1.82) is 0 Å². The maximum Gasteiger partial charge on any atom is 0.251 e. The lowest BCUT2D eigenvalue weighted by Crippen LogP contribution is -2.29. The molecule has 0 amide bonds. The van der Waals surface area contributed by atoms with Gasteiger partial charge in [-0.05, 0) is 63.4 Å². The van der Waals surface area contributed by atoms with Gasteiger partial charge in [-0.1, -0.05) is 0 Å². The number of fused-ring (bicyclic) bond motifs is 1. The van der Waals surface area contributed by atoms with Crippen molar-refractivity contribution in [1.82, 2.24) is 9.55 Å². The molecule has 27 heavy (non-hydrogen) atoms. The Hall–Kier alpha value is -2.82. The zero-order valence-corrected chi connectivity index (χ0v) is 16.0. The van der Waals surface area contributed by atoms with Crippen molar-refractivity contribution in [2.45, 2.75) is 39.2 Å². The highest BCUT2D eigenvalue weighted by Crippen LogP contribution is 2.24. The second-order valence-corrected chi connectivity index (χ2v) is 7.48. The van der Waals surface area contributed by atoms with Gasteiger partial charge in [-0.25, -0.2) is 4.98 Å². The van der Waals surface area contributed by atoms with Crippen LogP contribution in [0.5, 0.6) is 0 Å². The molecule has 1 N–H and O–H groups in total. The molecule has 1 fully saturated rings. The monoisotopic (exact) mass is 362 g/mol. The van der Waals surface area contributed by atoms with E-state index in [0.717, 1.165) is 35.5 Å². The van der Waals surface area contributed by atoms with Crippen LogP contribution < -0.4 is 15.8 Å². The third-order valence-electron chi connectivity index (χ3n) is 5.19. The van der Waals surface area contributed by atoms with E-state index < -0.39 is 0 Å². The maximum atomic E-state index is 12.2. The first-order chi connectivity index (χ1) is 13.1. The minimum absolute atomic E-state index is 0.0144. The van der Waals surface area contributed by atoms with Crippen LogP contribution in [0.25, 0.3) is 10.9 Å². The van der Waals surface area contributed by atoms with Crippen LogP contribution in [0.1, 0.15) is 39.2 Å². The van der Waals surface area contributed by atoms with Gasteiger partial charge in [-0.2, -0.15) is 0 Å². The van der Waals surface area contributed by atoms with Crippen molar-refractivity contribution in [2.75, 3.05) is 23.3 Å². The summed E-state index contributed by atoms with van der Waals surface area (Å²) in [7, 11) is 0. The molecule has 1 aliphatic heterocycles. The molecule has 1 aliphatic rings. The summed E-state index contributed by atoms with van der Waals surface area (Å²) in [5.41, 5.74) is 3.19. The fourth-order valence-corrected chi connectivity index (χ4v) is 3.81. The van der Waals surface area contributed by atoms with Gasteiger partial charge >= 0.3 is 0 Å². The van der Waals surface area contributed by atoms with E-state index in [1.54, 1.807) is 6.07 Å². The molecular formula is C22H26N4O. The van der Waals surface area contributed by atoms with E-state index in [1.165, 1.54) is 24.9 Å². The Bertz CT molecular complexity index is 985. The fraction of sp³-hybridized carbons (Fsp3) is 0.364. The van der Waals surface area contributed by atoms with Crippen molar-refractivity contribution in [3.05, 3.63) is 59.0 Å². The number of anilines is 3. The predicted molar refractivity (Wildman–Crippen MR) is 112 cm³/mol. The third-order valence-corrected chi connectivity index (χ3v) is 5.19. The minimum atomic E-state index is 0.0144. The van der Waals surface area contributed by atoms with Crippen LogP contribution >= 0.6 is 0 Å². The molecule has 140 valence electrons. The number of aromatic nitrogens is 2. The van der Waals surface area contributed by atoms with Crippen molar-refractivity contribution in [3.63, 3.8) is 0 Å². The second-order valence-electron chi connectivity index (χ2n) is 7.48. The molecule has 1 saturated heterocycles. The average molecular weight is 362 g/mol. The molecule has 0 radical (unpaired) electrons. The maximum absolute atomic E-state index is 12.2. The number of hydrogen-bond acceptors (Lipinski definition) is 4. The number of piperidine rings is 1. The fourth-order valence-electron chi connectivity index (χ4n) is 3.81. The summed E-state index contributed by atoms with van der Waals surface area (Å²) in [5, 5.41) is 4.33. The number of benzene rings is 1. The smallest absolute Gasteiger partial charge is 0.251 e. The van der Waals surface area contributed by atoms with E-state index in [1.807, 2.05) is 36.7 Å². The highest BCUT2D eigenvalue weighted by atomic mass is 16.1. The largest absolute Gasteiger partial charge is 0.372 e. The van der Waals surface area contributed by atoms with Crippen LogP contribution in [0.15, 0.2) is 53.5 Å². The van der Waals surface area contributed by atoms with Gasteiger partial charge in [0, 0.05) is 54.2 Å². The van der Waals surface area contributed by atoms with Gasteiger partial charge in [0.05, 0.1) is 5.52 Å². The molecule has 2 aromatic heterocycles. The number of hydrogen-bond donors (Lipinski definition) is 1. The summed E-state index contributed by atoms with van der Waals surface area (Å²) < 4.78 is 1.81. The summed E-state index contributed by atoms with van der Waals surface area (Å²) in [6.45, 7) is 6.33. The molecule has 0 atom stereocenters. The summed E-state index contributed by atoms with van der Waals surface area (Å²) in [5.74, 6) is 0.744. The lowest BCUT2D eigenvalue weighted by molar-refractivity contribution is 0.578. The normalized spacial score (nSPS) is 14.7. The zero-order chi connectivity index (χ0) is 18.8. The van der Waals surface area contributed by atoms with Gasteiger partial charge in [0.15, 0.2) is 0 Å². The number of rotatable bonds is 4. The van der Waals surface area contributed by atoms with E-state index in [0.29, 0.717) is 0 Å². The standard InChI is InChI=1S/C22H26N4O/c1-16(2)26-20-14-21(23-15-17(20)6-11-22(26)27)24-18-7-9-19(10-8-18)25-12-4-3-5-13-25/h6-11,14-16H,3-5,12-13H2,1-2H3,(H,23,24). The van der Waals surface area contributed by atoms with Gasteiger partial charge in [-0.3, -0.25) is 4.79 Å². The molecule has 5 heteroatoms. The molecule has 0 spiro atoms. The van der Waals surface area contributed by atoms with Crippen molar-refractivity contribution in [2.24, 2.45) is 0 Å². The van der Waals surface area contributed by atoms with Gasteiger partial charge in [0.2, 0.25) is 0 Å². The van der Waals surface area contributed by atoms with E-state index in [4.69, 9.17) is 0 Å². The van der Waals surface area contributed by atoms with E-state index >= 15 is 0 Å². The first-order valence-electron chi connectivity index (χ1n) is 9.75. The Kier molecular flexibility index (Phi) is 4.84. The molecule has 1 aromatic carbocycles. The molecule has 0 saturated carbocycles. The highest BCUT2D eigenvalue weighted by Gasteiger charge is 2.11. The topological polar surface area (TPSA) is 50.2 Å². The highest BCUT2D eigenvalue weighted by molar-refractivity contribution is 5.81. The molecule has 0 bridgehead atoms. The van der Waals surface area contributed by atoms with Crippen molar-refractivity contribution >= 4 is 28.1 Å². The van der Waals surface area contributed by atoms with Crippen LogP contribution in [0, 0.1) is 0 Å². The van der Waals surface area contributed by atoms with Gasteiger partial charge in [0.1, 0.15) is 5.82 Å². The van der Waals surface area contributed by atoms with Crippen LogP contribution in [0.3, 0.4) is 0 Å². The van der Waals surface area contributed by atoms with Gasteiger partial charge < -0.3 is 14.8 Å². The molecule has 3 aromatic rings. The Labute approximate surface area is 159 Å². The first kappa shape index (κ1) is 17.6. The van der Waals surface area contributed by atoms with Crippen LogP contribution in [-0.4, -0.2) is 22.6 Å². The summed E-state index contributed by atoms with van der Waals surface area (Å²) in [4.78, 5) is 19.2. The summed E-state index contributed by atoms with van der Waals surface area (Å²) >= 11 is 0. The van der Waals surface area contributed by atoms with E-state index in [9.17, 15) is 4.79 Å². The second kappa shape index (κ2) is 7.43. The SMILES string of the molecule is CC(C)n1c(=O)ccc2cnc(Nc3ccc(N4CCCCC4)cc3)cc21. The predicted octanol–water partition coefficient (Wildman–Crippen LogP) is 4.71. The zero-order valence-electron chi connectivity index (χ0n) is 16.0. The number of nitrogens with one attached hydrogen (secondary N) is 1. The molecule has 0 unspecified atom stereocenters. The van der Waals surface area contributed by atoms with Crippen LogP contribution in [0.4, 0.5) is 17.2 Å². The Morgan fingerprint density at radius 1 is 1.00 bits per heavy atom. The Morgan fingerprint density at radius 2 is 1.74 bits per heavy atom. The lowest BCUT2D eigenvalue weighted by atomic mass is 10.1. The van der Waals surface area contributed by atoms with Crippen molar-refractivity contribution < 1.29 is 0 Å². The number of pyridine rings is 2. The van der Waals surface area contributed by atoms with E-state index in [2.05, 4.69) is 39.5 Å². The number of nitrogens with zero attached hydrogens (tertiary/aromatic N) is 3. The van der Waals surface area contributed by atoms with Gasteiger partial charge in [0.25, 0.3) is 5.56 Å².